The molecule has 78 valence electrons. The van der Waals surface area contributed by atoms with E-state index in [4.69, 9.17) is 9.47 Å². The number of rotatable bonds is 2. The Hall–Kier alpha value is -2.31. The molecule has 2 rings (SSSR count). The van der Waals surface area contributed by atoms with Gasteiger partial charge in [0.1, 0.15) is 0 Å². The lowest BCUT2D eigenvalue weighted by atomic mass is 10.1. The number of carboxylic acids is 1. The van der Waals surface area contributed by atoms with Crippen LogP contribution in [-0.2, 0) is 0 Å². The summed E-state index contributed by atoms with van der Waals surface area (Å²) in [5, 5.41) is 21.2. The third-order valence-electron chi connectivity index (χ3n) is 1.91. The fraction of sp³-hybridized carbons (Fsp3) is 0.125. The van der Waals surface area contributed by atoms with Crippen molar-refractivity contribution in [1.82, 2.24) is 0 Å². The van der Waals surface area contributed by atoms with Crippen LogP contribution in [0.25, 0.3) is 0 Å². The van der Waals surface area contributed by atoms with Gasteiger partial charge in [-0.1, -0.05) is 0 Å². The molecule has 0 saturated carbocycles. The van der Waals surface area contributed by atoms with E-state index >= 15 is 0 Å². The van der Waals surface area contributed by atoms with E-state index in [0.717, 1.165) is 12.1 Å². The molecule has 7 nitrogen and oxygen atoms in total. The van der Waals surface area contributed by atoms with Crippen molar-refractivity contribution in [2.45, 2.75) is 0 Å². The quantitative estimate of drug-likeness (QED) is 0.490. The number of nitro groups is 1. The summed E-state index contributed by atoms with van der Waals surface area (Å²) in [4.78, 5) is 20.3. The molecule has 1 aliphatic heterocycles. The molecular weight excluding hydrogens is 206 g/mol. The standard InChI is InChI=1S/C8H5NO6/c10-8(11)4-1-6-7(15-3-14-6)2-5(4)9(12)13/h1-2H,3H2,(H,10,11)/p-1. The molecule has 0 aliphatic carbocycles. The topological polar surface area (TPSA) is 102 Å². The van der Waals surface area contributed by atoms with Crippen molar-refractivity contribution < 1.29 is 24.3 Å². The summed E-state index contributed by atoms with van der Waals surface area (Å²) in [5.74, 6) is -1.30. The molecule has 1 heterocycles. The van der Waals surface area contributed by atoms with E-state index in [-0.39, 0.29) is 18.3 Å². The van der Waals surface area contributed by atoms with Crippen LogP contribution in [0, 0.1) is 10.1 Å². The summed E-state index contributed by atoms with van der Waals surface area (Å²) in [6.07, 6.45) is 0. The zero-order valence-electron chi connectivity index (χ0n) is 7.26. The number of hydrogen-bond donors (Lipinski definition) is 0. The van der Waals surface area contributed by atoms with Crippen LogP contribution in [0.4, 0.5) is 5.69 Å². The van der Waals surface area contributed by atoms with Crippen molar-refractivity contribution in [3.05, 3.63) is 27.8 Å². The Kier molecular flexibility index (Phi) is 1.93. The number of aromatic carboxylic acids is 1. The maximum atomic E-state index is 10.6. The molecule has 0 fully saturated rings. The van der Waals surface area contributed by atoms with Gasteiger partial charge in [0.15, 0.2) is 11.5 Å². The van der Waals surface area contributed by atoms with Crippen LogP contribution in [0.5, 0.6) is 11.5 Å². The molecule has 0 bridgehead atoms. The summed E-state index contributed by atoms with van der Waals surface area (Å²) >= 11 is 0. The van der Waals surface area contributed by atoms with Gasteiger partial charge in [0.25, 0.3) is 5.69 Å². The van der Waals surface area contributed by atoms with Gasteiger partial charge in [0, 0.05) is 6.07 Å². The van der Waals surface area contributed by atoms with E-state index in [9.17, 15) is 20.0 Å². The predicted octanol–water partition coefficient (Wildman–Crippen LogP) is -0.313. The first-order valence-electron chi connectivity index (χ1n) is 3.89. The van der Waals surface area contributed by atoms with Crippen LogP contribution in [0.2, 0.25) is 0 Å². The van der Waals surface area contributed by atoms with Gasteiger partial charge in [-0.2, -0.15) is 0 Å². The van der Waals surface area contributed by atoms with E-state index in [2.05, 4.69) is 0 Å². The molecule has 1 aliphatic rings. The molecule has 0 atom stereocenters. The molecule has 0 unspecified atom stereocenters. The largest absolute Gasteiger partial charge is 0.545 e. The maximum Gasteiger partial charge on any atom is 0.282 e. The van der Waals surface area contributed by atoms with Gasteiger partial charge < -0.3 is 19.4 Å². The van der Waals surface area contributed by atoms with Crippen molar-refractivity contribution in [2.24, 2.45) is 0 Å². The first-order valence-corrected chi connectivity index (χ1v) is 3.89. The molecule has 1 aromatic carbocycles. The maximum absolute atomic E-state index is 10.6. The van der Waals surface area contributed by atoms with Gasteiger partial charge in [0.05, 0.1) is 22.5 Å². The van der Waals surface area contributed by atoms with Crippen molar-refractivity contribution in [1.29, 1.82) is 0 Å². The highest BCUT2D eigenvalue weighted by atomic mass is 16.7. The summed E-state index contributed by atoms with van der Waals surface area (Å²) in [6.45, 7) is -0.0804. The molecule has 7 heteroatoms. The van der Waals surface area contributed by atoms with Crippen molar-refractivity contribution in [2.75, 3.05) is 6.79 Å². The monoisotopic (exact) mass is 210 g/mol. The number of ether oxygens (including phenoxy) is 2. The van der Waals surface area contributed by atoms with Crippen LogP contribution < -0.4 is 14.6 Å². The lowest BCUT2D eigenvalue weighted by Crippen LogP contribution is -2.23. The molecule has 0 N–H and O–H groups in total. The Labute approximate surface area is 83.0 Å². The van der Waals surface area contributed by atoms with Crippen LogP contribution in [-0.4, -0.2) is 17.7 Å². The van der Waals surface area contributed by atoms with E-state index in [0.29, 0.717) is 0 Å². The van der Waals surface area contributed by atoms with Gasteiger partial charge in [0.2, 0.25) is 6.79 Å². The number of hydrogen-bond acceptors (Lipinski definition) is 6. The van der Waals surface area contributed by atoms with Gasteiger partial charge >= 0.3 is 0 Å². The number of nitro benzene ring substituents is 1. The number of carbonyl (C=O) groups is 1. The highest BCUT2D eigenvalue weighted by molar-refractivity contribution is 5.92. The van der Waals surface area contributed by atoms with E-state index in [1.54, 1.807) is 0 Å². The highest BCUT2D eigenvalue weighted by Gasteiger charge is 2.23. The fourth-order valence-electron chi connectivity index (χ4n) is 1.25. The summed E-state index contributed by atoms with van der Waals surface area (Å²) in [6, 6.07) is 2.03. The van der Waals surface area contributed by atoms with Crippen LogP contribution in [0.15, 0.2) is 12.1 Å². The fourth-order valence-corrected chi connectivity index (χ4v) is 1.25. The second-order valence-corrected chi connectivity index (χ2v) is 2.77. The third-order valence-corrected chi connectivity index (χ3v) is 1.91. The number of carboxylic acid groups (broad SMARTS) is 1. The molecule has 1 aromatic rings. The van der Waals surface area contributed by atoms with Gasteiger partial charge in [-0.15, -0.1) is 0 Å². The van der Waals surface area contributed by atoms with Gasteiger partial charge in [-0.25, -0.2) is 0 Å². The average Bonchev–Trinajstić information content (AvgIpc) is 2.61. The van der Waals surface area contributed by atoms with E-state index in [1.807, 2.05) is 0 Å². The lowest BCUT2D eigenvalue weighted by Gasteiger charge is -2.04. The summed E-state index contributed by atoms with van der Waals surface area (Å²) in [7, 11) is 0. The third kappa shape index (κ3) is 1.43. The molecule has 15 heavy (non-hydrogen) atoms. The number of benzene rings is 1. The minimum Gasteiger partial charge on any atom is -0.545 e. The van der Waals surface area contributed by atoms with E-state index < -0.39 is 22.1 Å². The van der Waals surface area contributed by atoms with Crippen LogP contribution in [0.3, 0.4) is 0 Å². The number of nitrogens with zero attached hydrogens (tertiary/aromatic N) is 1. The molecule has 0 aromatic heterocycles. The molecule has 0 saturated heterocycles. The average molecular weight is 210 g/mol. The van der Waals surface area contributed by atoms with Crippen LogP contribution >= 0.6 is 0 Å². The molecule has 0 amide bonds. The molecule has 0 radical (unpaired) electrons. The highest BCUT2D eigenvalue weighted by Crippen LogP contribution is 2.37. The minimum atomic E-state index is -1.63. The van der Waals surface area contributed by atoms with Gasteiger partial charge in [-0.3, -0.25) is 10.1 Å². The molecular formula is C8H4NO6-. The molecule has 0 spiro atoms. The van der Waals surface area contributed by atoms with Gasteiger partial charge in [-0.05, 0) is 0 Å². The summed E-state index contributed by atoms with van der Waals surface area (Å²) in [5.41, 5.74) is -1.09. The first kappa shape index (κ1) is 9.25. The Bertz CT molecular complexity index is 414. The minimum absolute atomic E-state index is 0.0804. The predicted molar refractivity (Wildman–Crippen MR) is 43.5 cm³/mol. The Morgan fingerprint density at radius 1 is 1.33 bits per heavy atom. The first-order chi connectivity index (χ1) is 7.09. The number of fused-ring (bicyclic) bond motifs is 1. The second-order valence-electron chi connectivity index (χ2n) is 2.77. The van der Waals surface area contributed by atoms with Crippen molar-refractivity contribution in [3.63, 3.8) is 0 Å². The SMILES string of the molecule is O=C([O-])c1cc2c(cc1[N+](=O)[O-])OCO2. The van der Waals surface area contributed by atoms with Crippen molar-refractivity contribution >= 4 is 11.7 Å². The Morgan fingerprint density at radius 2 is 1.93 bits per heavy atom. The zero-order chi connectivity index (χ0) is 11.0. The smallest absolute Gasteiger partial charge is 0.282 e. The normalized spacial score (nSPS) is 12.5. The van der Waals surface area contributed by atoms with Crippen LogP contribution in [0.1, 0.15) is 10.4 Å². The summed E-state index contributed by atoms with van der Waals surface area (Å²) < 4.78 is 9.77. The van der Waals surface area contributed by atoms with Crippen molar-refractivity contribution in [3.8, 4) is 11.5 Å². The lowest BCUT2D eigenvalue weighted by molar-refractivity contribution is -0.385. The van der Waals surface area contributed by atoms with E-state index in [1.165, 1.54) is 0 Å². The zero-order valence-corrected chi connectivity index (χ0v) is 7.26. The second kappa shape index (κ2) is 3.12. The Morgan fingerprint density at radius 3 is 2.47 bits per heavy atom. The number of carbonyl (C=O) groups excluding carboxylic acids is 1. The Balaban J connectivity index is 2.62.